The Morgan fingerprint density at radius 1 is 1.31 bits per heavy atom. The molecule has 1 saturated heterocycles. The number of Topliss-reactive ketones (excluding diaryl/α,β-unsaturated/α-hetero) is 2. The van der Waals surface area contributed by atoms with Gasteiger partial charge in [0.2, 0.25) is 5.78 Å². The molecule has 0 spiro atoms. The van der Waals surface area contributed by atoms with Gasteiger partial charge in [-0.15, -0.1) is 0 Å². The van der Waals surface area contributed by atoms with E-state index in [2.05, 4.69) is 15.6 Å². The number of aromatic amines is 1. The standard InChI is InChI=1S/C21H25N3O4S/c1-12(2)18(17(25)9-13-7-8-22-20(27)19(13)26)24-21(29)28-11-14-10-23-16-6-4-3-5-15(14)16/h3-6,10,12-13,18,23H,7-9,11H2,1-2H3,(H,22,27)(H,24,29). The number of aromatic nitrogens is 1. The van der Waals surface area contributed by atoms with Crippen LogP contribution in [0.15, 0.2) is 30.5 Å². The van der Waals surface area contributed by atoms with Crippen LogP contribution in [0.2, 0.25) is 0 Å². The first-order valence-corrected chi connectivity index (χ1v) is 10.1. The molecule has 3 N–H and O–H groups in total. The van der Waals surface area contributed by atoms with Crippen LogP contribution in [0, 0.1) is 11.8 Å². The average Bonchev–Trinajstić information content (AvgIpc) is 3.11. The van der Waals surface area contributed by atoms with Crippen molar-refractivity contribution in [2.45, 2.75) is 39.3 Å². The third-order valence-electron chi connectivity index (χ3n) is 5.14. The van der Waals surface area contributed by atoms with E-state index < -0.39 is 23.7 Å². The number of para-hydroxylation sites is 1. The highest BCUT2D eigenvalue weighted by molar-refractivity contribution is 7.80. The Balaban J connectivity index is 1.57. The Morgan fingerprint density at radius 2 is 2.07 bits per heavy atom. The number of hydrogen-bond acceptors (Lipinski definition) is 5. The summed E-state index contributed by atoms with van der Waals surface area (Å²) >= 11 is 5.28. The third kappa shape index (κ3) is 5.00. The molecule has 2 atom stereocenters. The number of fused-ring (bicyclic) bond motifs is 1. The lowest BCUT2D eigenvalue weighted by Crippen LogP contribution is -2.48. The van der Waals surface area contributed by atoms with Crippen LogP contribution < -0.4 is 10.6 Å². The second-order valence-electron chi connectivity index (χ2n) is 7.58. The van der Waals surface area contributed by atoms with E-state index in [1.807, 2.05) is 44.3 Å². The summed E-state index contributed by atoms with van der Waals surface area (Å²) in [6.07, 6.45) is 2.37. The van der Waals surface area contributed by atoms with Crippen LogP contribution in [-0.4, -0.2) is 40.2 Å². The molecular formula is C21H25N3O4S. The van der Waals surface area contributed by atoms with Crippen molar-refractivity contribution in [3.8, 4) is 0 Å². The van der Waals surface area contributed by atoms with Gasteiger partial charge in [0.15, 0.2) is 5.78 Å². The monoisotopic (exact) mass is 415 g/mol. The number of carbonyl (C=O) groups excluding carboxylic acids is 3. The molecule has 29 heavy (non-hydrogen) atoms. The van der Waals surface area contributed by atoms with Crippen LogP contribution in [-0.2, 0) is 25.7 Å². The Kier molecular flexibility index (Phi) is 6.64. The molecule has 1 aromatic heterocycles. The predicted molar refractivity (Wildman–Crippen MR) is 113 cm³/mol. The largest absolute Gasteiger partial charge is 0.466 e. The number of ketones is 2. The molecule has 1 aliphatic rings. The van der Waals surface area contributed by atoms with Crippen molar-refractivity contribution in [3.05, 3.63) is 36.0 Å². The van der Waals surface area contributed by atoms with E-state index in [1.54, 1.807) is 0 Å². The molecule has 2 heterocycles. The minimum Gasteiger partial charge on any atom is -0.466 e. The van der Waals surface area contributed by atoms with Gasteiger partial charge in [-0.25, -0.2) is 0 Å². The summed E-state index contributed by atoms with van der Waals surface area (Å²) in [4.78, 5) is 39.5. The molecule has 1 fully saturated rings. The molecule has 0 saturated carbocycles. The highest BCUT2D eigenvalue weighted by atomic mass is 32.1. The molecule has 2 unspecified atom stereocenters. The van der Waals surface area contributed by atoms with E-state index >= 15 is 0 Å². The minimum atomic E-state index is -0.610. The highest BCUT2D eigenvalue weighted by Gasteiger charge is 2.34. The fourth-order valence-electron chi connectivity index (χ4n) is 3.51. The fraction of sp³-hybridized carbons (Fsp3) is 0.429. The highest BCUT2D eigenvalue weighted by Crippen LogP contribution is 2.19. The lowest BCUT2D eigenvalue weighted by atomic mass is 9.87. The first kappa shape index (κ1) is 21.0. The van der Waals surface area contributed by atoms with Gasteiger partial charge < -0.3 is 20.4 Å². The van der Waals surface area contributed by atoms with Crippen molar-refractivity contribution < 1.29 is 19.1 Å². The quantitative estimate of drug-likeness (QED) is 0.474. The molecular weight excluding hydrogens is 390 g/mol. The number of ether oxygens (including phenoxy) is 1. The Bertz CT molecular complexity index is 937. The zero-order chi connectivity index (χ0) is 21.0. The number of H-pyrrole nitrogens is 1. The van der Waals surface area contributed by atoms with E-state index in [0.29, 0.717) is 13.0 Å². The molecule has 3 rings (SSSR count). The smallest absolute Gasteiger partial charge is 0.287 e. The maximum Gasteiger partial charge on any atom is 0.287 e. The summed E-state index contributed by atoms with van der Waals surface area (Å²) in [5.41, 5.74) is 1.98. The average molecular weight is 416 g/mol. The van der Waals surface area contributed by atoms with Crippen LogP contribution in [0.4, 0.5) is 0 Å². The lowest BCUT2D eigenvalue weighted by molar-refractivity contribution is -0.143. The summed E-state index contributed by atoms with van der Waals surface area (Å²) in [5, 5.41) is 6.67. The van der Waals surface area contributed by atoms with E-state index in [-0.39, 0.29) is 29.9 Å². The van der Waals surface area contributed by atoms with E-state index in [9.17, 15) is 14.4 Å². The number of amides is 1. The van der Waals surface area contributed by atoms with Gasteiger partial charge in [-0.1, -0.05) is 32.0 Å². The van der Waals surface area contributed by atoms with Crippen LogP contribution in [0.3, 0.4) is 0 Å². The van der Waals surface area contributed by atoms with Crippen molar-refractivity contribution in [3.63, 3.8) is 0 Å². The number of benzene rings is 1. The van der Waals surface area contributed by atoms with Crippen LogP contribution >= 0.6 is 12.2 Å². The topological polar surface area (TPSA) is 100 Å². The van der Waals surface area contributed by atoms with Gasteiger partial charge in [0, 0.05) is 41.5 Å². The van der Waals surface area contributed by atoms with Crippen molar-refractivity contribution in [1.29, 1.82) is 0 Å². The first-order valence-electron chi connectivity index (χ1n) is 9.70. The molecule has 8 heteroatoms. The van der Waals surface area contributed by atoms with E-state index in [4.69, 9.17) is 17.0 Å². The van der Waals surface area contributed by atoms with Crippen molar-refractivity contribution in [2.75, 3.05) is 6.54 Å². The number of rotatable bonds is 7. The second kappa shape index (κ2) is 9.17. The Labute approximate surface area is 174 Å². The molecule has 1 aromatic carbocycles. The Hall–Kier alpha value is -2.74. The van der Waals surface area contributed by atoms with E-state index in [0.717, 1.165) is 16.5 Å². The summed E-state index contributed by atoms with van der Waals surface area (Å²) in [5.74, 6) is -1.90. The molecule has 0 bridgehead atoms. The van der Waals surface area contributed by atoms with Crippen LogP contribution in [0.5, 0.6) is 0 Å². The summed E-state index contributed by atoms with van der Waals surface area (Å²) in [7, 11) is 0. The summed E-state index contributed by atoms with van der Waals surface area (Å²) < 4.78 is 5.67. The van der Waals surface area contributed by atoms with Crippen molar-refractivity contribution in [2.24, 2.45) is 11.8 Å². The number of nitrogens with one attached hydrogen (secondary N) is 3. The maximum atomic E-state index is 12.8. The van der Waals surface area contributed by atoms with Crippen molar-refractivity contribution in [1.82, 2.24) is 15.6 Å². The molecule has 1 aliphatic heterocycles. The third-order valence-corrected chi connectivity index (χ3v) is 5.38. The van der Waals surface area contributed by atoms with Gasteiger partial charge in [-0.3, -0.25) is 14.4 Å². The predicted octanol–water partition coefficient (Wildman–Crippen LogP) is 2.25. The SMILES string of the molecule is CC(C)C(NC(=S)OCc1c[nH]c2ccccc12)C(=O)CC1CCNC(=O)C1=O. The number of thiocarbonyl (C=S) groups is 1. The molecule has 7 nitrogen and oxygen atoms in total. The lowest BCUT2D eigenvalue weighted by Gasteiger charge is -2.25. The van der Waals surface area contributed by atoms with Gasteiger partial charge in [0.25, 0.3) is 11.1 Å². The van der Waals surface area contributed by atoms with Gasteiger partial charge >= 0.3 is 0 Å². The number of hydrogen-bond donors (Lipinski definition) is 3. The van der Waals surface area contributed by atoms with Gasteiger partial charge in [-0.05, 0) is 30.6 Å². The number of carbonyl (C=O) groups is 3. The van der Waals surface area contributed by atoms with E-state index in [1.165, 1.54) is 0 Å². The summed E-state index contributed by atoms with van der Waals surface area (Å²) in [6, 6.07) is 7.31. The van der Waals surface area contributed by atoms with Gasteiger partial charge in [0.1, 0.15) is 6.61 Å². The zero-order valence-corrected chi connectivity index (χ0v) is 17.3. The zero-order valence-electron chi connectivity index (χ0n) is 16.5. The van der Waals surface area contributed by atoms with Crippen molar-refractivity contribution >= 4 is 45.8 Å². The summed E-state index contributed by atoms with van der Waals surface area (Å²) in [6.45, 7) is 4.48. The second-order valence-corrected chi connectivity index (χ2v) is 7.95. The first-order chi connectivity index (χ1) is 13.9. The van der Waals surface area contributed by atoms with Crippen LogP contribution in [0.25, 0.3) is 10.9 Å². The molecule has 0 radical (unpaired) electrons. The molecule has 2 aromatic rings. The molecule has 154 valence electrons. The van der Waals surface area contributed by atoms with Gasteiger partial charge in [-0.2, -0.15) is 0 Å². The molecule has 1 amide bonds. The fourth-order valence-corrected chi connectivity index (χ4v) is 3.70. The van der Waals surface area contributed by atoms with Crippen LogP contribution in [0.1, 0.15) is 32.3 Å². The van der Waals surface area contributed by atoms with Gasteiger partial charge in [0.05, 0.1) is 6.04 Å². The molecule has 0 aliphatic carbocycles. The Morgan fingerprint density at radius 3 is 2.83 bits per heavy atom. The number of piperidine rings is 1. The maximum absolute atomic E-state index is 12.8. The normalized spacial score (nSPS) is 17.8. The minimum absolute atomic E-state index is 0.0210.